The second-order valence-electron chi connectivity index (χ2n) is 7.34. The number of nitrogens with zero attached hydrogens (tertiary/aromatic N) is 1. The van der Waals surface area contributed by atoms with Crippen LogP contribution in [0.5, 0.6) is 5.75 Å². The standard InChI is InChI=1S/C22H35N3O2/c1-5-23-22(24-13-10-19-11-14-26-15-12-19)25-18(4)20-6-8-21(9-7-20)27-16-17(2)3/h6-9,11,17-18H,5,10,12-16H2,1-4H3,(H2,23,24,25). The van der Waals surface area contributed by atoms with Gasteiger partial charge in [0.05, 0.1) is 25.9 Å². The Kier molecular flexibility index (Phi) is 9.19. The van der Waals surface area contributed by atoms with Gasteiger partial charge in [0.25, 0.3) is 0 Å². The number of aliphatic imine (C=N–C) groups is 1. The molecule has 0 fully saturated rings. The molecule has 0 spiro atoms. The zero-order chi connectivity index (χ0) is 19.5. The topological polar surface area (TPSA) is 54.9 Å². The summed E-state index contributed by atoms with van der Waals surface area (Å²) in [5, 5.41) is 6.83. The lowest BCUT2D eigenvalue weighted by molar-refractivity contribution is 0.153. The van der Waals surface area contributed by atoms with Crippen LogP contribution in [0.4, 0.5) is 0 Å². The van der Waals surface area contributed by atoms with Crippen LogP contribution >= 0.6 is 0 Å². The second kappa shape index (κ2) is 11.7. The molecule has 1 aliphatic heterocycles. The maximum atomic E-state index is 5.76. The Morgan fingerprint density at radius 1 is 1.22 bits per heavy atom. The molecule has 0 amide bonds. The van der Waals surface area contributed by atoms with E-state index >= 15 is 0 Å². The van der Waals surface area contributed by atoms with Crippen molar-refractivity contribution in [2.45, 2.75) is 46.6 Å². The summed E-state index contributed by atoms with van der Waals surface area (Å²) in [4.78, 5) is 4.73. The molecule has 0 aliphatic carbocycles. The summed E-state index contributed by atoms with van der Waals surface area (Å²) >= 11 is 0. The van der Waals surface area contributed by atoms with Crippen molar-refractivity contribution >= 4 is 5.96 Å². The van der Waals surface area contributed by atoms with E-state index in [1.54, 1.807) is 0 Å². The largest absolute Gasteiger partial charge is 0.493 e. The molecule has 0 bridgehead atoms. The Balaban J connectivity index is 1.88. The molecule has 150 valence electrons. The molecule has 1 aromatic rings. The van der Waals surface area contributed by atoms with E-state index in [0.29, 0.717) is 5.92 Å². The third-order valence-corrected chi connectivity index (χ3v) is 4.42. The first-order valence-corrected chi connectivity index (χ1v) is 10.1. The summed E-state index contributed by atoms with van der Waals surface area (Å²) in [6.07, 6.45) is 4.21. The van der Waals surface area contributed by atoms with Crippen LogP contribution in [0.25, 0.3) is 0 Å². The Bertz CT molecular complexity index is 608. The number of rotatable bonds is 9. The number of hydrogen-bond donors (Lipinski definition) is 2. The van der Waals surface area contributed by atoms with Crippen molar-refractivity contribution in [3.8, 4) is 5.75 Å². The van der Waals surface area contributed by atoms with Crippen LogP contribution in [-0.4, -0.2) is 38.9 Å². The van der Waals surface area contributed by atoms with Crippen molar-refractivity contribution in [3.63, 3.8) is 0 Å². The molecule has 1 atom stereocenters. The second-order valence-corrected chi connectivity index (χ2v) is 7.34. The number of benzene rings is 1. The normalized spacial score (nSPS) is 16.0. The van der Waals surface area contributed by atoms with Gasteiger partial charge in [0, 0.05) is 13.1 Å². The van der Waals surface area contributed by atoms with Gasteiger partial charge < -0.3 is 20.1 Å². The van der Waals surface area contributed by atoms with E-state index in [0.717, 1.165) is 57.5 Å². The van der Waals surface area contributed by atoms with E-state index in [-0.39, 0.29) is 6.04 Å². The fourth-order valence-corrected chi connectivity index (χ4v) is 2.83. The highest BCUT2D eigenvalue weighted by atomic mass is 16.5. The summed E-state index contributed by atoms with van der Waals surface area (Å²) in [5.41, 5.74) is 2.66. The molecule has 0 saturated heterocycles. The predicted octanol–water partition coefficient (Wildman–Crippen LogP) is 4.07. The van der Waals surface area contributed by atoms with Crippen LogP contribution in [0.15, 0.2) is 40.9 Å². The molecule has 0 aromatic heterocycles. The number of ether oxygens (including phenoxy) is 2. The minimum atomic E-state index is 0.171. The molecular weight excluding hydrogens is 338 g/mol. The van der Waals surface area contributed by atoms with E-state index in [2.05, 4.69) is 56.5 Å². The van der Waals surface area contributed by atoms with Crippen molar-refractivity contribution in [1.29, 1.82) is 0 Å². The van der Waals surface area contributed by atoms with Gasteiger partial charge in [-0.15, -0.1) is 0 Å². The molecule has 1 aromatic carbocycles. The molecule has 1 aliphatic rings. The van der Waals surface area contributed by atoms with Crippen LogP contribution in [0, 0.1) is 5.92 Å². The molecule has 5 heteroatoms. The zero-order valence-corrected chi connectivity index (χ0v) is 17.3. The van der Waals surface area contributed by atoms with Gasteiger partial charge in [-0.25, -0.2) is 0 Å². The monoisotopic (exact) mass is 373 g/mol. The Hall–Kier alpha value is -2.01. The first-order valence-electron chi connectivity index (χ1n) is 10.1. The van der Waals surface area contributed by atoms with E-state index in [9.17, 15) is 0 Å². The summed E-state index contributed by atoms with van der Waals surface area (Å²) in [6, 6.07) is 8.48. The molecule has 0 saturated carbocycles. The van der Waals surface area contributed by atoms with Crippen molar-refractivity contribution in [2.75, 3.05) is 32.9 Å². The van der Waals surface area contributed by atoms with E-state index in [1.807, 2.05) is 12.1 Å². The van der Waals surface area contributed by atoms with E-state index in [1.165, 1.54) is 11.1 Å². The van der Waals surface area contributed by atoms with Crippen LogP contribution in [0.3, 0.4) is 0 Å². The lowest BCUT2D eigenvalue weighted by Crippen LogP contribution is -2.38. The highest BCUT2D eigenvalue weighted by Crippen LogP contribution is 2.18. The molecule has 5 nitrogen and oxygen atoms in total. The molecule has 1 heterocycles. The summed E-state index contributed by atoms with van der Waals surface area (Å²) in [5.74, 6) is 2.31. The van der Waals surface area contributed by atoms with Gasteiger partial charge in [0.15, 0.2) is 5.96 Å². The number of hydrogen-bond acceptors (Lipinski definition) is 3. The average Bonchev–Trinajstić information content (AvgIpc) is 2.67. The van der Waals surface area contributed by atoms with Gasteiger partial charge in [0.1, 0.15) is 5.75 Å². The van der Waals surface area contributed by atoms with Gasteiger partial charge in [-0.3, -0.25) is 4.99 Å². The predicted molar refractivity (Wildman–Crippen MR) is 112 cm³/mol. The third-order valence-electron chi connectivity index (χ3n) is 4.42. The van der Waals surface area contributed by atoms with Crippen molar-refractivity contribution < 1.29 is 9.47 Å². The van der Waals surface area contributed by atoms with Gasteiger partial charge in [0.2, 0.25) is 0 Å². The molecule has 1 unspecified atom stereocenters. The van der Waals surface area contributed by atoms with Crippen molar-refractivity contribution in [1.82, 2.24) is 10.6 Å². The van der Waals surface area contributed by atoms with Gasteiger partial charge in [-0.1, -0.05) is 37.6 Å². The van der Waals surface area contributed by atoms with Gasteiger partial charge in [-0.05, 0) is 50.3 Å². The number of nitrogens with one attached hydrogen (secondary N) is 2. The maximum absolute atomic E-state index is 5.76. The van der Waals surface area contributed by atoms with Gasteiger partial charge >= 0.3 is 0 Å². The first kappa shape index (κ1) is 21.3. The van der Waals surface area contributed by atoms with Crippen LogP contribution in [0.1, 0.15) is 52.1 Å². The number of guanidine groups is 1. The lowest BCUT2D eigenvalue weighted by Gasteiger charge is -2.19. The van der Waals surface area contributed by atoms with Crippen LogP contribution in [-0.2, 0) is 4.74 Å². The smallest absolute Gasteiger partial charge is 0.191 e. The van der Waals surface area contributed by atoms with Crippen molar-refractivity contribution in [2.24, 2.45) is 10.9 Å². The highest BCUT2D eigenvalue weighted by Gasteiger charge is 2.09. The van der Waals surface area contributed by atoms with E-state index < -0.39 is 0 Å². The molecule has 27 heavy (non-hydrogen) atoms. The lowest BCUT2D eigenvalue weighted by atomic mass is 10.1. The quantitative estimate of drug-likeness (QED) is 0.389. The van der Waals surface area contributed by atoms with Crippen molar-refractivity contribution in [3.05, 3.63) is 41.5 Å². The molecular formula is C22H35N3O2. The SMILES string of the molecule is CCNC(=NCCC1=CCOCC1)NC(C)c1ccc(OCC(C)C)cc1. The Labute approximate surface area is 164 Å². The Morgan fingerprint density at radius 3 is 2.63 bits per heavy atom. The fraction of sp³-hybridized carbons (Fsp3) is 0.591. The summed E-state index contributed by atoms with van der Waals surface area (Å²) < 4.78 is 11.1. The van der Waals surface area contributed by atoms with Crippen LogP contribution in [0.2, 0.25) is 0 Å². The van der Waals surface area contributed by atoms with Gasteiger partial charge in [-0.2, -0.15) is 0 Å². The third kappa shape index (κ3) is 8.04. The first-order chi connectivity index (χ1) is 13.1. The van der Waals surface area contributed by atoms with Crippen LogP contribution < -0.4 is 15.4 Å². The summed E-state index contributed by atoms with van der Waals surface area (Å²) in [7, 11) is 0. The minimum absolute atomic E-state index is 0.171. The highest BCUT2D eigenvalue weighted by molar-refractivity contribution is 5.80. The molecule has 2 rings (SSSR count). The summed E-state index contributed by atoms with van der Waals surface area (Å²) in [6.45, 7) is 12.5. The fourth-order valence-electron chi connectivity index (χ4n) is 2.83. The zero-order valence-electron chi connectivity index (χ0n) is 17.3. The van der Waals surface area contributed by atoms with E-state index in [4.69, 9.17) is 14.5 Å². The maximum Gasteiger partial charge on any atom is 0.191 e. The molecule has 2 N–H and O–H groups in total. The molecule has 0 radical (unpaired) electrons. The minimum Gasteiger partial charge on any atom is -0.493 e. The Morgan fingerprint density at radius 2 is 2.00 bits per heavy atom. The average molecular weight is 374 g/mol.